The molecule has 39 heavy (non-hydrogen) atoms. The molecule has 4 aliphatic carbocycles. The third-order valence-corrected chi connectivity index (χ3v) is 10.5. The van der Waals surface area contributed by atoms with E-state index < -0.39 is 17.9 Å². The first kappa shape index (κ1) is 27.7. The number of benzene rings is 1. The third-order valence-electron chi connectivity index (χ3n) is 10.5. The number of phenolic OH excluding ortho intramolecular Hbond substituents is 1. The van der Waals surface area contributed by atoms with Crippen molar-refractivity contribution in [1.29, 1.82) is 0 Å². The number of phenols is 1. The summed E-state index contributed by atoms with van der Waals surface area (Å²) in [6.45, 7) is 4.45. The monoisotopic (exact) mass is 538 g/mol. The fourth-order valence-electron chi connectivity index (χ4n) is 8.23. The lowest BCUT2D eigenvalue weighted by atomic mass is 9.47. The van der Waals surface area contributed by atoms with Crippen LogP contribution in [0.5, 0.6) is 5.75 Å². The van der Waals surface area contributed by atoms with Gasteiger partial charge in [0.25, 0.3) is 5.91 Å². The first-order valence-corrected chi connectivity index (χ1v) is 14.4. The van der Waals surface area contributed by atoms with Crippen molar-refractivity contribution in [2.45, 2.75) is 83.8 Å². The average Bonchev–Trinajstić information content (AvgIpc) is 3.23. The Morgan fingerprint density at radius 2 is 1.85 bits per heavy atom. The standard InChI is InChI=1S/C31H42N2O6/c1-30-14-12-21(17-20(30)6-9-23-24-10-11-27(35)31(24,2)15-13-25(23)30)33-39-18-28(36)32-26(29(37)38-3)16-19-4-7-22(34)8-5-19/h4-5,7-8,17,23-27,34-35H,6,9-16,18H2,1-3H3,(H,32,36)/b33-21-/t23-,24-,25-,26?,27+,30-,31-/m0/s1. The Balaban J connectivity index is 1.18. The molecular formula is C31H42N2O6. The highest BCUT2D eigenvalue weighted by molar-refractivity contribution is 5.96. The summed E-state index contributed by atoms with van der Waals surface area (Å²) in [5, 5.41) is 27.1. The fourth-order valence-corrected chi connectivity index (χ4v) is 8.23. The Morgan fingerprint density at radius 1 is 1.08 bits per heavy atom. The molecule has 3 N–H and O–H groups in total. The molecule has 0 saturated heterocycles. The van der Waals surface area contributed by atoms with Crippen LogP contribution < -0.4 is 5.32 Å². The van der Waals surface area contributed by atoms with E-state index in [0.717, 1.165) is 49.8 Å². The highest BCUT2D eigenvalue weighted by Gasteiger charge is 2.58. The van der Waals surface area contributed by atoms with Gasteiger partial charge in [-0.2, -0.15) is 0 Å². The number of oxime groups is 1. The van der Waals surface area contributed by atoms with Crippen LogP contribution in [0.15, 0.2) is 41.1 Å². The van der Waals surface area contributed by atoms with Crippen molar-refractivity contribution in [2.75, 3.05) is 13.7 Å². The van der Waals surface area contributed by atoms with Gasteiger partial charge in [-0.25, -0.2) is 4.79 Å². The zero-order valence-electron chi connectivity index (χ0n) is 23.3. The van der Waals surface area contributed by atoms with Crippen LogP contribution in [-0.2, 0) is 25.6 Å². The number of carbonyl (C=O) groups excluding carboxylic acids is 2. The Morgan fingerprint density at radius 3 is 2.59 bits per heavy atom. The highest BCUT2D eigenvalue weighted by atomic mass is 16.6. The molecule has 3 fully saturated rings. The molecule has 8 heteroatoms. The molecule has 212 valence electrons. The highest BCUT2D eigenvalue weighted by Crippen LogP contribution is 2.65. The molecule has 5 rings (SSSR count). The van der Waals surface area contributed by atoms with Gasteiger partial charge in [0.2, 0.25) is 0 Å². The minimum atomic E-state index is -0.866. The molecule has 1 aromatic carbocycles. The molecule has 3 saturated carbocycles. The van der Waals surface area contributed by atoms with Gasteiger partial charge in [-0.3, -0.25) is 4.79 Å². The van der Waals surface area contributed by atoms with Gasteiger partial charge in [-0.15, -0.1) is 0 Å². The molecule has 0 radical (unpaired) electrons. The number of fused-ring (bicyclic) bond motifs is 5. The maximum Gasteiger partial charge on any atom is 0.328 e. The minimum absolute atomic E-state index is 0.0887. The van der Waals surface area contributed by atoms with Crippen molar-refractivity contribution in [1.82, 2.24) is 5.32 Å². The number of allylic oxidation sites excluding steroid dienone is 2. The second kappa shape index (κ2) is 11.0. The zero-order valence-corrected chi connectivity index (χ0v) is 23.3. The van der Waals surface area contributed by atoms with Crippen molar-refractivity contribution >= 4 is 17.6 Å². The normalized spacial score (nSPS) is 35.2. The van der Waals surface area contributed by atoms with Gasteiger partial charge in [-0.1, -0.05) is 36.7 Å². The number of amides is 1. The van der Waals surface area contributed by atoms with Crippen molar-refractivity contribution in [2.24, 2.45) is 33.7 Å². The molecule has 1 aromatic rings. The molecule has 0 aliphatic heterocycles. The molecule has 7 atom stereocenters. The second-order valence-electron chi connectivity index (χ2n) is 12.5. The molecule has 1 unspecified atom stereocenters. The number of methoxy groups -OCH3 is 1. The fraction of sp³-hybridized carbons (Fsp3) is 0.645. The SMILES string of the molecule is COC(=O)C(Cc1ccc(O)cc1)NC(=O)CO/N=C1\C=C2CC[C@H]3[C@@H]4CC[C@@H](O)[C@@]4(C)CC[C@@H]3[C@@]2(C)CC1. The number of esters is 1. The molecule has 0 heterocycles. The van der Waals surface area contributed by atoms with E-state index >= 15 is 0 Å². The third kappa shape index (κ3) is 5.32. The van der Waals surface area contributed by atoms with E-state index in [1.54, 1.807) is 12.1 Å². The maximum atomic E-state index is 12.5. The first-order valence-electron chi connectivity index (χ1n) is 14.4. The number of hydrogen-bond donors (Lipinski definition) is 3. The van der Waals surface area contributed by atoms with Gasteiger partial charge in [0.05, 0.1) is 18.9 Å². The van der Waals surface area contributed by atoms with Crippen LogP contribution in [-0.4, -0.2) is 53.7 Å². The summed E-state index contributed by atoms with van der Waals surface area (Å²) in [5.41, 5.74) is 3.34. The van der Waals surface area contributed by atoms with Crippen molar-refractivity contribution in [3.05, 3.63) is 41.5 Å². The summed E-state index contributed by atoms with van der Waals surface area (Å²) in [4.78, 5) is 30.2. The van der Waals surface area contributed by atoms with E-state index in [1.165, 1.54) is 37.7 Å². The maximum absolute atomic E-state index is 12.5. The van der Waals surface area contributed by atoms with E-state index in [2.05, 4.69) is 30.4 Å². The number of aromatic hydroxyl groups is 1. The average molecular weight is 539 g/mol. The van der Waals surface area contributed by atoms with E-state index in [1.807, 2.05) is 0 Å². The second-order valence-corrected chi connectivity index (χ2v) is 12.5. The smallest absolute Gasteiger partial charge is 0.328 e. The lowest BCUT2D eigenvalue weighted by Crippen LogP contribution is -2.51. The summed E-state index contributed by atoms with van der Waals surface area (Å²) in [6.07, 6.45) is 10.7. The molecule has 1 amide bonds. The van der Waals surface area contributed by atoms with Crippen LogP contribution in [0, 0.1) is 28.6 Å². The Kier molecular flexibility index (Phi) is 7.77. The summed E-state index contributed by atoms with van der Waals surface area (Å²) < 4.78 is 4.85. The summed E-state index contributed by atoms with van der Waals surface area (Å²) in [7, 11) is 1.28. The Bertz CT molecular complexity index is 1150. The molecule has 4 aliphatic rings. The van der Waals surface area contributed by atoms with Crippen LogP contribution in [0.3, 0.4) is 0 Å². The predicted octanol–water partition coefficient (Wildman–Crippen LogP) is 4.29. The van der Waals surface area contributed by atoms with Gasteiger partial charge in [-0.05, 0) is 104 Å². The van der Waals surface area contributed by atoms with Crippen LogP contribution in [0.2, 0.25) is 0 Å². The number of carbonyl (C=O) groups is 2. The quantitative estimate of drug-likeness (QED) is 0.352. The molecule has 0 aromatic heterocycles. The number of aliphatic hydroxyl groups excluding tert-OH is 1. The number of nitrogens with zero attached hydrogens (tertiary/aromatic N) is 1. The van der Waals surface area contributed by atoms with Crippen molar-refractivity contribution in [3.8, 4) is 5.75 Å². The van der Waals surface area contributed by atoms with Gasteiger partial charge >= 0.3 is 5.97 Å². The molecule has 0 bridgehead atoms. The molecule has 0 spiro atoms. The van der Waals surface area contributed by atoms with E-state index in [9.17, 15) is 19.8 Å². The zero-order chi connectivity index (χ0) is 27.8. The number of hydrogen-bond acceptors (Lipinski definition) is 7. The summed E-state index contributed by atoms with van der Waals surface area (Å²) in [5.74, 6) is 1.09. The largest absolute Gasteiger partial charge is 0.508 e. The van der Waals surface area contributed by atoms with Crippen LogP contribution in [0.25, 0.3) is 0 Å². The van der Waals surface area contributed by atoms with Crippen molar-refractivity contribution < 1.29 is 29.4 Å². The Labute approximate surface area is 230 Å². The van der Waals surface area contributed by atoms with Gasteiger partial charge in [0, 0.05) is 6.42 Å². The number of nitrogens with one attached hydrogen (secondary N) is 1. The predicted molar refractivity (Wildman–Crippen MR) is 147 cm³/mol. The van der Waals surface area contributed by atoms with Gasteiger partial charge in [0.15, 0.2) is 6.61 Å². The van der Waals surface area contributed by atoms with Crippen LogP contribution >= 0.6 is 0 Å². The first-order chi connectivity index (χ1) is 18.6. The van der Waals surface area contributed by atoms with Gasteiger partial charge in [0.1, 0.15) is 11.8 Å². The number of rotatable bonds is 7. The summed E-state index contributed by atoms with van der Waals surface area (Å²) >= 11 is 0. The summed E-state index contributed by atoms with van der Waals surface area (Å²) in [6, 6.07) is 5.59. The Hall–Kier alpha value is -2.87. The minimum Gasteiger partial charge on any atom is -0.508 e. The lowest BCUT2D eigenvalue weighted by Gasteiger charge is -2.57. The van der Waals surface area contributed by atoms with E-state index in [-0.39, 0.29) is 35.7 Å². The van der Waals surface area contributed by atoms with E-state index in [0.29, 0.717) is 17.8 Å². The number of ether oxygens (including phenoxy) is 1. The van der Waals surface area contributed by atoms with Crippen LogP contribution in [0.1, 0.15) is 70.8 Å². The topological polar surface area (TPSA) is 117 Å². The van der Waals surface area contributed by atoms with Gasteiger partial charge < -0.3 is 25.1 Å². The van der Waals surface area contributed by atoms with Crippen LogP contribution in [0.4, 0.5) is 0 Å². The molecular weight excluding hydrogens is 496 g/mol. The lowest BCUT2D eigenvalue weighted by molar-refractivity contribution is -0.145. The van der Waals surface area contributed by atoms with E-state index in [4.69, 9.17) is 9.57 Å². The molecule has 8 nitrogen and oxygen atoms in total. The number of aliphatic hydroxyl groups is 1. The van der Waals surface area contributed by atoms with Crippen molar-refractivity contribution in [3.63, 3.8) is 0 Å².